The van der Waals surface area contributed by atoms with Crippen LogP contribution in [0.4, 0.5) is 14.5 Å². The monoisotopic (exact) mass is 387 g/mol. The van der Waals surface area contributed by atoms with E-state index >= 15 is 0 Å². The molecule has 0 bridgehead atoms. The van der Waals surface area contributed by atoms with Gasteiger partial charge in [0.05, 0.1) is 0 Å². The van der Waals surface area contributed by atoms with Crippen molar-refractivity contribution in [2.75, 3.05) is 11.9 Å². The second-order valence-electron chi connectivity index (χ2n) is 5.75. The van der Waals surface area contributed by atoms with Crippen LogP contribution in [0.3, 0.4) is 0 Å². The molecular weight excluding hydrogens is 372 g/mol. The van der Waals surface area contributed by atoms with E-state index in [0.29, 0.717) is 10.4 Å². The Labute approximate surface area is 158 Å². The first-order valence-corrected chi connectivity index (χ1v) is 8.89. The fraction of sp³-hybridized carbons (Fsp3) is 0.100. The van der Waals surface area contributed by atoms with Crippen LogP contribution in [0.5, 0.6) is 0 Å². The van der Waals surface area contributed by atoms with Gasteiger partial charge in [0.15, 0.2) is 6.61 Å². The second-order valence-corrected chi connectivity index (χ2v) is 6.67. The van der Waals surface area contributed by atoms with E-state index in [0.717, 1.165) is 23.3 Å². The molecule has 3 rings (SSSR count). The van der Waals surface area contributed by atoms with Gasteiger partial charge in [0.1, 0.15) is 22.2 Å². The number of rotatable bonds is 5. The Kier molecular flexibility index (Phi) is 5.61. The highest BCUT2D eigenvalue weighted by molar-refractivity contribution is 7.12. The van der Waals surface area contributed by atoms with Gasteiger partial charge in [-0.2, -0.15) is 0 Å². The molecule has 3 aromatic rings. The van der Waals surface area contributed by atoms with Gasteiger partial charge in [-0.25, -0.2) is 13.6 Å². The molecule has 0 fully saturated rings. The molecule has 138 valence electrons. The lowest BCUT2D eigenvalue weighted by atomic mass is 10.1. The van der Waals surface area contributed by atoms with Crippen molar-refractivity contribution in [3.05, 3.63) is 76.0 Å². The van der Waals surface area contributed by atoms with Crippen molar-refractivity contribution < 1.29 is 23.1 Å². The number of carbonyl (C=O) groups excluding carboxylic acids is 2. The summed E-state index contributed by atoms with van der Waals surface area (Å²) in [6, 6.07) is 12.7. The fourth-order valence-corrected chi connectivity index (χ4v) is 3.23. The normalized spacial score (nSPS) is 10.5. The van der Waals surface area contributed by atoms with Crippen LogP contribution in [0.1, 0.15) is 15.2 Å². The zero-order chi connectivity index (χ0) is 19.4. The van der Waals surface area contributed by atoms with Gasteiger partial charge in [0.2, 0.25) is 0 Å². The summed E-state index contributed by atoms with van der Waals surface area (Å²) < 4.78 is 32.1. The van der Waals surface area contributed by atoms with E-state index in [1.807, 2.05) is 31.2 Å². The van der Waals surface area contributed by atoms with Crippen molar-refractivity contribution in [1.29, 1.82) is 0 Å². The zero-order valence-electron chi connectivity index (χ0n) is 14.3. The smallest absolute Gasteiger partial charge is 0.349 e. The van der Waals surface area contributed by atoms with Crippen LogP contribution in [0.2, 0.25) is 0 Å². The van der Waals surface area contributed by atoms with Gasteiger partial charge >= 0.3 is 5.97 Å². The summed E-state index contributed by atoms with van der Waals surface area (Å²) in [5.74, 6) is -3.32. The molecule has 0 atom stereocenters. The van der Waals surface area contributed by atoms with Crippen molar-refractivity contribution in [2.45, 2.75) is 6.92 Å². The molecule has 0 aliphatic heterocycles. The summed E-state index contributed by atoms with van der Waals surface area (Å²) in [4.78, 5) is 24.5. The lowest BCUT2D eigenvalue weighted by Gasteiger charge is -2.09. The van der Waals surface area contributed by atoms with Gasteiger partial charge in [0, 0.05) is 5.56 Å². The summed E-state index contributed by atoms with van der Waals surface area (Å²) in [6.45, 7) is 1.31. The van der Waals surface area contributed by atoms with E-state index in [1.165, 1.54) is 17.4 Å². The van der Waals surface area contributed by atoms with Crippen LogP contribution in [-0.4, -0.2) is 18.5 Å². The first kappa shape index (κ1) is 18.7. The van der Waals surface area contributed by atoms with Crippen LogP contribution < -0.4 is 5.32 Å². The number of anilines is 1. The minimum atomic E-state index is -0.908. The Morgan fingerprint density at radius 1 is 1.04 bits per heavy atom. The molecule has 7 heteroatoms. The van der Waals surface area contributed by atoms with Gasteiger partial charge in [0.25, 0.3) is 5.91 Å². The number of hydrogen-bond donors (Lipinski definition) is 1. The van der Waals surface area contributed by atoms with Gasteiger partial charge in [-0.15, -0.1) is 11.3 Å². The summed E-state index contributed by atoms with van der Waals surface area (Å²) in [6.07, 6.45) is 0. The molecule has 0 radical (unpaired) electrons. The summed E-state index contributed by atoms with van der Waals surface area (Å²) >= 11 is 1.19. The minimum Gasteiger partial charge on any atom is -0.451 e. The maximum absolute atomic E-state index is 13.5. The molecule has 1 heterocycles. The molecule has 0 aliphatic carbocycles. The van der Waals surface area contributed by atoms with Crippen LogP contribution in [0.15, 0.2) is 53.9 Å². The Morgan fingerprint density at radius 3 is 2.37 bits per heavy atom. The molecule has 0 saturated heterocycles. The standard InChI is InChI=1S/C20H15F2NO3S/c1-12-5-7-13(8-6-12)14-9-10-27-19(14)20(25)26-11-17(24)23-18-15(21)3-2-4-16(18)22/h2-10H,11H2,1H3,(H,23,24). The molecule has 0 spiro atoms. The number of carbonyl (C=O) groups is 2. The number of amides is 1. The van der Waals surface area contributed by atoms with E-state index in [4.69, 9.17) is 4.74 Å². The van der Waals surface area contributed by atoms with E-state index in [1.54, 1.807) is 11.4 Å². The molecule has 27 heavy (non-hydrogen) atoms. The van der Waals surface area contributed by atoms with Crippen molar-refractivity contribution in [2.24, 2.45) is 0 Å². The lowest BCUT2D eigenvalue weighted by Crippen LogP contribution is -2.22. The van der Waals surface area contributed by atoms with Gasteiger partial charge in [-0.1, -0.05) is 35.9 Å². The number of nitrogens with one attached hydrogen (secondary N) is 1. The number of aryl methyl sites for hydroxylation is 1. The van der Waals surface area contributed by atoms with Gasteiger partial charge < -0.3 is 10.1 Å². The molecular formula is C20H15F2NO3S. The quantitative estimate of drug-likeness (QED) is 0.640. The van der Waals surface area contributed by atoms with Crippen molar-refractivity contribution in [3.63, 3.8) is 0 Å². The molecule has 1 N–H and O–H groups in total. The van der Waals surface area contributed by atoms with Crippen molar-refractivity contribution >= 4 is 28.9 Å². The maximum Gasteiger partial charge on any atom is 0.349 e. The van der Waals surface area contributed by atoms with Crippen LogP contribution in [0, 0.1) is 18.6 Å². The predicted octanol–water partition coefficient (Wildman–Crippen LogP) is 4.80. The largest absolute Gasteiger partial charge is 0.451 e. The number of esters is 1. The molecule has 1 amide bonds. The Morgan fingerprint density at radius 2 is 1.70 bits per heavy atom. The molecule has 0 saturated carbocycles. The number of ether oxygens (including phenoxy) is 1. The fourth-order valence-electron chi connectivity index (χ4n) is 2.42. The molecule has 2 aromatic carbocycles. The molecule has 0 aliphatic rings. The molecule has 1 aromatic heterocycles. The highest BCUT2D eigenvalue weighted by Gasteiger charge is 2.18. The Bertz CT molecular complexity index is 963. The van der Waals surface area contributed by atoms with E-state index in [2.05, 4.69) is 5.32 Å². The average molecular weight is 387 g/mol. The summed E-state index contributed by atoms with van der Waals surface area (Å²) in [5, 5.41) is 3.82. The third-order valence-electron chi connectivity index (χ3n) is 3.77. The van der Waals surface area contributed by atoms with Gasteiger partial charge in [-0.3, -0.25) is 4.79 Å². The van der Waals surface area contributed by atoms with Crippen LogP contribution in [-0.2, 0) is 9.53 Å². The van der Waals surface area contributed by atoms with Crippen LogP contribution in [0.25, 0.3) is 11.1 Å². The number of benzene rings is 2. The van der Waals surface area contributed by atoms with E-state index in [9.17, 15) is 18.4 Å². The average Bonchev–Trinajstić information content (AvgIpc) is 3.13. The van der Waals surface area contributed by atoms with Crippen molar-refractivity contribution in [1.82, 2.24) is 0 Å². The lowest BCUT2D eigenvalue weighted by molar-refractivity contribution is -0.119. The van der Waals surface area contributed by atoms with E-state index < -0.39 is 35.8 Å². The maximum atomic E-state index is 13.5. The number of thiophene rings is 1. The number of halogens is 2. The highest BCUT2D eigenvalue weighted by Crippen LogP contribution is 2.29. The molecule has 0 unspecified atom stereocenters. The second kappa shape index (κ2) is 8.09. The first-order valence-electron chi connectivity index (χ1n) is 8.01. The van der Waals surface area contributed by atoms with Crippen molar-refractivity contribution in [3.8, 4) is 11.1 Å². The molecule has 4 nitrogen and oxygen atoms in total. The Balaban J connectivity index is 1.66. The Hall–Kier alpha value is -3.06. The third-order valence-corrected chi connectivity index (χ3v) is 4.67. The van der Waals surface area contributed by atoms with E-state index in [-0.39, 0.29) is 0 Å². The minimum absolute atomic E-state index is 0.351. The third kappa shape index (κ3) is 4.38. The highest BCUT2D eigenvalue weighted by atomic mass is 32.1. The van der Waals surface area contributed by atoms with Gasteiger partial charge in [-0.05, 0) is 36.1 Å². The SMILES string of the molecule is Cc1ccc(-c2ccsc2C(=O)OCC(=O)Nc2c(F)cccc2F)cc1. The number of para-hydroxylation sites is 1. The first-order chi connectivity index (χ1) is 13.0. The summed E-state index contributed by atoms with van der Waals surface area (Å²) in [7, 11) is 0. The summed E-state index contributed by atoms with van der Waals surface area (Å²) in [5.41, 5.74) is 2.07. The topological polar surface area (TPSA) is 55.4 Å². The zero-order valence-corrected chi connectivity index (χ0v) is 15.1. The predicted molar refractivity (Wildman–Crippen MR) is 99.8 cm³/mol. The number of hydrogen-bond acceptors (Lipinski definition) is 4. The van der Waals surface area contributed by atoms with Crippen LogP contribution >= 0.6 is 11.3 Å².